The van der Waals surface area contributed by atoms with E-state index in [1.165, 1.54) is 11.1 Å². The average Bonchev–Trinajstić information content (AvgIpc) is 3.06. The van der Waals surface area contributed by atoms with E-state index in [2.05, 4.69) is 62.2 Å². The number of fused-ring (bicyclic) bond motifs is 1. The van der Waals surface area contributed by atoms with Crippen molar-refractivity contribution in [1.82, 2.24) is 19.8 Å². The highest BCUT2D eigenvalue weighted by Crippen LogP contribution is 2.28. The molecule has 0 N–H and O–H groups in total. The second kappa shape index (κ2) is 6.16. The lowest BCUT2D eigenvalue weighted by molar-refractivity contribution is 0.647. The summed E-state index contributed by atoms with van der Waals surface area (Å²) >= 11 is 1.63. The van der Waals surface area contributed by atoms with Crippen molar-refractivity contribution in [2.24, 2.45) is 5.92 Å². The Bertz CT molecular complexity index is 755. The molecule has 0 saturated heterocycles. The van der Waals surface area contributed by atoms with Gasteiger partial charge >= 0.3 is 0 Å². The van der Waals surface area contributed by atoms with Crippen LogP contribution in [0.1, 0.15) is 55.6 Å². The van der Waals surface area contributed by atoms with Crippen LogP contribution in [-0.4, -0.2) is 19.8 Å². The molecule has 0 aliphatic carbocycles. The van der Waals surface area contributed by atoms with Crippen molar-refractivity contribution in [2.45, 2.75) is 46.5 Å². The van der Waals surface area contributed by atoms with E-state index in [1.54, 1.807) is 11.3 Å². The highest BCUT2D eigenvalue weighted by Gasteiger charge is 2.17. The number of benzene rings is 1. The van der Waals surface area contributed by atoms with E-state index >= 15 is 0 Å². The fourth-order valence-electron chi connectivity index (χ4n) is 2.62. The molecule has 0 amide bonds. The zero-order chi connectivity index (χ0) is 15.7. The van der Waals surface area contributed by atoms with Crippen LogP contribution in [-0.2, 0) is 12.8 Å². The number of nitrogens with zero attached hydrogens (tertiary/aromatic N) is 4. The van der Waals surface area contributed by atoms with Crippen LogP contribution in [0.15, 0.2) is 24.3 Å². The third-order valence-electron chi connectivity index (χ3n) is 3.88. The second-order valence-corrected chi connectivity index (χ2v) is 7.15. The molecule has 22 heavy (non-hydrogen) atoms. The van der Waals surface area contributed by atoms with Gasteiger partial charge in [0.1, 0.15) is 5.01 Å². The minimum Gasteiger partial charge on any atom is -0.187 e. The Morgan fingerprint density at radius 2 is 1.82 bits per heavy atom. The maximum absolute atomic E-state index is 4.70. The molecule has 0 aliphatic rings. The predicted octanol–water partition coefficient (Wildman–Crippen LogP) is 4.10. The van der Waals surface area contributed by atoms with Gasteiger partial charge in [0, 0.05) is 12.3 Å². The largest absolute Gasteiger partial charge is 0.234 e. The SMILES string of the molecule is CCc1nnc2sc([C@@H](C)c3ccc(CC(C)C)cc3)nn12. The van der Waals surface area contributed by atoms with Gasteiger partial charge in [-0.1, -0.05) is 63.3 Å². The zero-order valence-corrected chi connectivity index (χ0v) is 14.4. The highest BCUT2D eigenvalue weighted by molar-refractivity contribution is 7.16. The molecule has 0 aliphatic heterocycles. The standard InChI is InChI=1S/C17H22N4S/c1-5-15-18-19-17-21(15)20-16(22-17)12(4)14-8-6-13(7-9-14)10-11(2)3/h6-9,11-12H,5,10H2,1-4H3/t12-/m0/s1. The average molecular weight is 314 g/mol. The molecule has 116 valence electrons. The molecule has 4 nitrogen and oxygen atoms in total. The topological polar surface area (TPSA) is 43.1 Å². The lowest BCUT2D eigenvalue weighted by atomic mass is 9.97. The number of aryl methyl sites for hydroxylation is 1. The number of rotatable bonds is 5. The van der Waals surface area contributed by atoms with Gasteiger partial charge in [0.25, 0.3) is 0 Å². The molecule has 2 heterocycles. The second-order valence-electron chi connectivity index (χ2n) is 6.17. The smallest absolute Gasteiger partial charge is 0.187 e. The van der Waals surface area contributed by atoms with E-state index in [0.29, 0.717) is 5.92 Å². The molecule has 0 fully saturated rings. The fourth-order valence-corrected chi connectivity index (χ4v) is 3.56. The molecule has 1 atom stereocenters. The van der Waals surface area contributed by atoms with Crippen LogP contribution in [0, 0.1) is 5.92 Å². The summed E-state index contributed by atoms with van der Waals surface area (Å²) in [6.45, 7) is 8.78. The van der Waals surface area contributed by atoms with Crippen molar-refractivity contribution in [2.75, 3.05) is 0 Å². The number of hydrogen-bond acceptors (Lipinski definition) is 4. The van der Waals surface area contributed by atoms with Gasteiger partial charge in [0.05, 0.1) is 0 Å². The lowest BCUT2D eigenvalue weighted by Crippen LogP contribution is -2.00. The van der Waals surface area contributed by atoms with Gasteiger partial charge in [0.15, 0.2) is 5.82 Å². The molecular weight excluding hydrogens is 292 g/mol. The fraction of sp³-hybridized carbons (Fsp3) is 0.471. The van der Waals surface area contributed by atoms with Gasteiger partial charge in [-0.05, 0) is 23.5 Å². The van der Waals surface area contributed by atoms with Gasteiger partial charge in [-0.15, -0.1) is 10.2 Å². The molecule has 0 saturated carbocycles. The van der Waals surface area contributed by atoms with Crippen LogP contribution < -0.4 is 0 Å². The first-order valence-corrected chi connectivity index (χ1v) is 8.70. The molecule has 0 bridgehead atoms. The van der Waals surface area contributed by atoms with E-state index in [-0.39, 0.29) is 5.92 Å². The third-order valence-corrected chi connectivity index (χ3v) is 4.96. The molecule has 0 radical (unpaired) electrons. The van der Waals surface area contributed by atoms with E-state index in [4.69, 9.17) is 5.10 Å². The Kier molecular flexibility index (Phi) is 4.25. The van der Waals surface area contributed by atoms with E-state index in [9.17, 15) is 0 Å². The summed E-state index contributed by atoms with van der Waals surface area (Å²) in [7, 11) is 0. The predicted molar refractivity (Wildman–Crippen MR) is 90.5 cm³/mol. The van der Waals surface area contributed by atoms with Gasteiger partial charge in [-0.25, -0.2) is 0 Å². The van der Waals surface area contributed by atoms with Crippen molar-refractivity contribution in [3.05, 3.63) is 46.2 Å². The summed E-state index contributed by atoms with van der Waals surface area (Å²) in [6, 6.07) is 8.93. The third kappa shape index (κ3) is 2.90. The van der Waals surface area contributed by atoms with Crippen molar-refractivity contribution in [3.63, 3.8) is 0 Å². The summed E-state index contributed by atoms with van der Waals surface area (Å²) in [5.41, 5.74) is 2.70. The quantitative estimate of drug-likeness (QED) is 0.712. The maximum Gasteiger partial charge on any atom is 0.234 e. The molecule has 1 aromatic carbocycles. The molecular formula is C17H22N4S. The summed E-state index contributed by atoms with van der Waals surface area (Å²) in [6.07, 6.45) is 1.98. The monoisotopic (exact) mass is 314 g/mol. The first-order valence-electron chi connectivity index (χ1n) is 7.88. The van der Waals surface area contributed by atoms with Gasteiger partial charge in [0.2, 0.25) is 4.96 Å². The zero-order valence-electron chi connectivity index (χ0n) is 13.6. The summed E-state index contributed by atoms with van der Waals surface area (Å²) < 4.78 is 1.88. The minimum atomic E-state index is 0.282. The maximum atomic E-state index is 4.70. The van der Waals surface area contributed by atoms with E-state index < -0.39 is 0 Å². The van der Waals surface area contributed by atoms with E-state index in [0.717, 1.165) is 28.6 Å². The van der Waals surface area contributed by atoms with Gasteiger partial charge < -0.3 is 0 Å². The van der Waals surface area contributed by atoms with Crippen molar-refractivity contribution >= 4 is 16.3 Å². The Morgan fingerprint density at radius 3 is 2.45 bits per heavy atom. The molecule has 3 rings (SSSR count). The summed E-state index contributed by atoms with van der Waals surface area (Å²) in [4.78, 5) is 0.884. The van der Waals surface area contributed by atoms with Crippen LogP contribution in [0.2, 0.25) is 0 Å². The lowest BCUT2D eigenvalue weighted by Gasteiger charge is -2.10. The van der Waals surface area contributed by atoms with E-state index in [1.807, 2.05) is 4.52 Å². The van der Waals surface area contributed by atoms with Crippen LogP contribution in [0.25, 0.3) is 4.96 Å². The molecule has 0 unspecified atom stereocenters. The van der Waals surface area contributed by atoms with Crippen LogP contribution in [0.3, 0.4) is 0 Å². The Labute approximate surface area is 135 Å². The summed E-state index contributed by atoms with van der Waals surface area (Å²) in [5, 5.41) is 14.1. The van der Waals surface area contributed by atoms with Crippen molar-refractivity contribution in [1.29, 1.82) is 0 Å². The Balaban J connectivity index is 1.85. The van der Waals surface area contributed by atoms with Crippen LogP contribution in [0.4, 0.5) is 0 Å². The molecule has 5 heteroatoms. The highest BCUT2D eigenvalue weighted by atomic mass is 32.1. The number of aromatic nitrogens is 4. The van der Waals surface area contributed by atoms with Gasteiger partial charge in [-0.2, -0.15) is 9.61 Å². The summed E-state index contributed by atoms with van der Waals surface area (Å²) in [5.74, 6) is 1.90. The van der Waals surface area contributed by atoms with Crippen molar-refractivity contribution in [3.8, 4) is 0 Å². The molecule has 2 aromatic heterocycles. The Hall–Kier alpha value is -1.75. The first kappa shape index (κ1) is 15.2. The Morgan fingerprint density at radius 1 is 1.09 bits per heavy atom. The van der Waals surface area contributed by atoms with Crippen LogP contribution in [0.5, 0.6) is 0 Å². The molecule has 3 aromatic rings. The normalized spacial score (nSPS) is 13.1. The minimum absolute atomic E-state index is 0.282. The number of hydrogen-bond donors (Lipinski definition) is 0. The van der Waals surface area contributed by atoms with Crippen LogP contribution >= 0.6 is 11.3 Å². The van der Waals surface area contributed by atoms with Gasteiger partial charge in [-0.3, -0.25) is 0 Å². The first-order chi connectivity index (χ1) is 10.6. The van der Waals surface area contributed by atoms with Crippen molar-refractivity contribution < 1.29 is 0 Å². The molecule has 0 spiro atoms.